The molecule has 2 aromatic rings. The van der Waals surface area contributed by atoms with Crippen molar-refractivity contribution in [2.24, 2.45) is 0 Å². The molecule has 0 heterocycles. The summed E-state index contributed by atoms with van der Waals surface area (Å²) in [4.78, 5) is 0.192. The van der Waals surface area contributed by atoms with Crippen molar-refractivity contribution in [2.45, 2.75) is 11.8 Å². The molecule has 2 rings (SSSR count). The van der Waals surface area contributed by atoms with Crippen molar-refractivity contribution >= 4 is 43.5 Å². The molecule has 0 radical (unpaired) electrons. The first-order chi connectivity index (χ1) is 8.08. The quantitative estimate of drug-likeness (QED) is 0.575. The Morgan fingerprint density at radius 1 is 1.06 bits per heavy atom. The highest BCUT2D eigenvalue weighted by molar-refractivity contribution is 9.10. The first kappa shape index (κ1) is 13.1. The van der Waals surface area contributed by atoms with Gasteiger partial charge in [0.05, 0.1) is 4.83 Å². The molecule has 0 aromatic heterocycles. The van der Waals surface area contributed by atoms with Gasteiger partial charge in [-0.05, 0) is 47.9 Å². The molecular weight excluding hydrogens is 363 g/mol. The van der Waals surface area contributed by atoms with E-state index in [1.165, 1.54) is 16.7 Å². The molecule has 0 spiro atoms. The molecule has 17 heavy (non-hydrogen) atoms. The van der Waals surface area contributed by atoms with E-state index in [1.54, 1.807) is 0 Å². The highest BCUT2D eigenvalue weighted by Gasteiger charge is 2.12. The smallest absolute Gasteiger partial charge is 0.0647 e. The molecule has 0 aliphatic carbocycles. The summed E-state index contributed by atoms with van der Waals surface area (Å²) in [5, 5.41) is 0.763. The van der Waals surface area contributed by atoms with Gasteiger partial charge in [0.15, 0.2) is 0 Å². The van der Waals surface area contributed by atoms with Gasteiger partial charge < -0.3 is 0 Å². The van der Waals surface area contributed by atoms with E-state index in [0.717, 1.165) is 9.50 Å². The Bertz CT molecular complexity index is 520. The molecule has 0 nitrogen and oxygen atoms in total. The summed E-state index contributed by atoms with van der Waals surface area (Å²) in [6.07, 6.45) is 0. The maximum absolute atomic E-state index is 5.90. The van der Waals surface area contributed by atoms with E-state index in [4.69, 9.17) is 11.6 Å². The van der Waals surface area contributed by atoms with Gasteiger partial charge in [-0.2, -0.15) is 0 Å². The van der Waals surface area contributed by atoms with Crippen LogP contribution in [0.3, 0.4) is 0 Å². The number of hydrogen-bond donors (Lipinski definition) is 0. The summed E-state index contributed by atoms with van der Waals surface area (Å²) in [5.41, 5.74) is 3.74. The topological polar surface area (TPSA) is 0 Å². The monoisotopic (exact) mass is 372 g/mol. The van der Waals surface area contributed by atoms with Crippen LogP contribution >= 0.6 is 43.5 Å². The van der Waals surface area contributed by atoms with Crippen molar-refractivity contribution in [3.63, 3.8) is 0 Å². The van der Waals surface area contributed by atoms with Crippen molar-refractivity contribution in [2.75, 3.05) is 0 Å². The lowest BCUT2D eigenvalue weighted by Gasteiger charge is -2.14. The molecule has 1 atom stereocenters. The second-order valence-corrected chi connectivity index (χ2v) is 6.18. The second kappa shape index (κ2) is 5.55. The standard InChI is InChI=1S/C14H11Br2Cl/c1-9-2-5-11(15)8-13(9)14(16)10-3-6-12(17)7-4-10/h2-8,14H,1H3. The number of aryl methyl sites for hydroxylation is 1. The van der Waals surface area contributed by atoms with Crippen LogP contribution in [0.1, 0.15) is 21.5 Å². The first-order valence-electron chi connectivity index (χ1n) is 5.23. The molecular formula is C14H11Br2Cl. The van der Waals surface area contributed by atoms with Crippen LogP contribution in [0.25, 0.3) is 0 Å². The van der Waals surface area contributed by atoms with Crippen LogP contribution in [0.15, 0.2) is 46.9 Å². The summed E-state index contributed by atoms with van der Waals surface area (Å²) in [7, 11) is 0. The third kappa shape index (κ3) is 3.12. The Kier molecular flexibility index (Phi) is 4.29. The average Bonchev–Trinajstić information content (AvgIpc) is 2.32. The Balaban J connectivity index is 2.39. The Morgan fingerprint density at radius 3 is 2.35 bits per heavy atom. The summed E-state index contributed by atoms with van der Waals surface area (Å²) in [6, 6.07) is 14.2. The SMILES string of the molecule is Cc1ccc(Br)cc1C(Br)c1ccc(Cl)cc1. The molecule has 0 aliphatic rings. The lowest BCUT2D eigenvalue weighted by atomic mass is 10.0. The third-order valence-electron chi connectivity index (χ3n) is 2.68. The van der Waals surface area contributed by atoms with Crippen LogP contribution in [0.2, 0.25) is 5.02 Å². The van der Waals surface area contributed by atoms with Crippen molar-refractivity contribution in [1.82, 2.24) is 0 Å². The van der Waals surface area contributed by atoms with E-state index in [-0.39, 0.29) is 4.83 Å². The largest absolute Gasteiger partial charge is 0.0843 e. The van der Waals surface area contributed by atoms with E-state index in [2.05, 4.69) is 57.0 Å². The van der Waals surface area contributed by atoms with Gasteiger partial charge in [0.1, 0.15) is 0 Å². The Hall–Kier alpha value is -0.310. The van der Waals surface area contributed by atoms with Crippen LogP contribution in [-0.4, -0.2) is 0 Å². The molecule has 0 saturated carbocycles. The molecule has 3 heteroatoms. The summed E-state index contributed by atoms with van der Waals surface area (Å²) in [6.45, 7) is 2.12. The fraction of sp³-hybridized carbons (Fsp3) is 0.143. The Labute approximate surface area is 123 Å². The van der Waals surface area contributed by atoms with Crippen molar-refractivity contribution in [1.29, 1.82) is 0 Å². The molecule has 88 valence electrons. The first-order valence-corrected chi connectivity index (χ1v) is 7.32. The van der Waals surface area contributed by atoms with Gasteiger partial charge in [0.25, 0.3) is 0 Å². The lowest BCUT2D eigenvalue weighted by Crippen LogP contribution is -1.95. The molecule has 2 aromatic carbocycles. The molecule has 0 amide bonds. The van der Waals surface area contributed by atoms with Gasteiger partial charge >= 0.3 is 0 Å². The molecule has 1 unspecified atom stereocenters. The Morgan fingerprint density at radius 2 is 1.71 bits per heavy atom. The summed E-state index contributed by atoms with van der Waals surface area (Å²) < 4.78 is 1.09. The van der Waals surface area contributed by atoms with E-state index >= 15 is 0 Å². The van der Waals surface area contributed by atoms with Gasteiger partial charge in [-0.3, -0.25) is 0 Å². The maximum atomic E-state index is 5.90. The maximum Gasteiger partial charge on any atom is 0.0647 e. The van der Waals surface area contributed by atoms with Gasteiger partial charge in [-0.15, -0.1) is 0 Å². The second-order valence-electron chi connectivity index (χ2n) is 3.92. The molecule has 0 bridgehead atoms. The van der Waals surface area contributed by atoms with Crippen LogP contribution in [-0.2, 0) is 0 Å². The minimum Gasteiger partial charge on any atom is -0.0843 e. The van der Waals surface area contributed by atoms with E-state index in [1.807, 2.05) is 24.3 Å². The van der Waals surface area contributed by atoms with Crippen molar-refractivity contribution in [3.8, 4) is 0 Å². The minimum absolute atomic E-state index is 0.192. The van der Waals surface area contributed by atoms with Gasteiger partial charge in [-0.1, -0.05) is 61.7 Å². The average molecular weight is 375 g/mol. The summed E-state index contributed by atoms with van der Waals surface area (Å²) in [5.74, 6) is 0. The molecule has 0 saturated heterocycles. The highest BCUT2D eigenvalue weighted by Crippen LogP contribution is 2.34. The zero-order valence-corrected chi connectivity index (χ0v) is 13.2. The predicted octanol–water partition coefficient (Wildman–Crippen LogP) is 5.90. The molecule has 0 aliphatic heterocycles. The van der Waals surface area contributed by atoms with Crippen LogP contribution in [0.4, 0.5) is 0 Å². The highest BCUT2D eigenvalue weighted by atomic mass is 79.9. The van der Waals surface area contributed by atoms with Gasteiger partial charge in [-0.25, -0.2) is 0 Å². The van der Waals surface area contributed by atoms with E-state index in [0.29, 0.717) is 0 Å². The minimum atomic E-state index is 0.192. The van der Waals surface area contributed by atoms with Crippen LogP contribution in [0, 0.1) is 6.92 Å². The van der Waals surface area contributed by atoms with Crippen molar-refractivity contribution < 1.29 is 0 Å². The molecule has 0 fully saturated rings. The number of hydrogen-bond acceptors (Lipinski definition) is 0. The number of halogens is 3. The predicted molar refractivity (Wildman–Crippen MR) is 81.1 cm³/mol. The zero-order chi connectivity index (χ0) is 12.4. The van der Waals surface area contributed by atoms with E-state index < -0.39 is 0 Å². The molecule has 0 N–H and O–H groups in total. The third-order valence-corrected chi connectivity index (χ3v) is 4.44. The summed E-state index contributed by atoms with van der Waals surface area (Å²) >= 11 is 13.1. The van der Waals surface area contributed by atoms with Gasteiger partial charge in [0, 0.05) is 9.50 Å². The normalized spacial score (nSPS) is 12.5. The van der Waals surface area contributed by atoms with Crippen LogP contribution < -0.4 is 0 Å². The fourth-order valence-corrected chi connectivity index (χ4v) is 3.00. The van der Waals surface area contributed by atoms with Crippen LogP contribution in [0.5, 0.6) is 0 Å². The number of alkyl halides is 1. The van der Waals surface area contributed by atoms with Crippen molar-refractivity contribution in [3.05, 3.63) is 68.7 Å². The number of benzene rings is 2. The lowest BCUT2D eigenvalue weighted by molar-refractivity contribution is 1.14. The fourth-order valence-electron chi connectivity index (χ4n) is 1.70. The zero-order valence-electron chi connectivity index (χ0n) is 9.25. The number of rotatable bonds is 2. The van der Waals surface area contributed by atoms with Gasteiger partial charge in [0.2, 0.25) is 0 Å². The van der Waals surface area contributed by atoms with E-state index in [9.17, 15) is 0 Å².